The van der Waals surface area contributed by atoms with E-state index in [1.807, 2.05) is 0 Å². The van der Waals surface area contributed by atoms with Gasteiger partial charge in [-0.05, 0) is 37.4 Å². The SMILES string of the molecule is O=C(O)Cc1c(Br)c(F)cc(F)c1Br. The third-order valence-electron chi connectivity index (χ3n) is 1.53. The molecule has 0 spiro atoms. The van der Waals surface area contributed by atoms with E-state index in [4.69, 9.17) is 5.11 Å². The summed E-state index contributed by atoms with van der Waals surface area (Å²) in [6, 6.07) is 0.680. The Balaban J connectivity index is 3.31. The maximum atomic E-state index is 13.0. The van der Waals surface area contributed by atoms with Crippen molar-refractivity contribution in [2.45, 2.75) is 6.42 Å². The van der Waals surface area contributed by atoms with E-state index in [-0.39, 0.29) is 14.5 Å². The second kappa shape index (κ2) is 4.35. The topological polar surface area (TPSA) is 37.3 Å². The molecule has 1 aromatic rings. The van der Waals surface area contributed by atoms with Gasteiger partial charge in [-0.15, -0.1) is 0 Å². The highest BCUT2D eigenvalue weighted by molar-refractivity contribution is 9.11. The lowest BCUT2D eigenvalue weighted by molar-refractivity contribution is -0.136. The minimum absolute atomic E-state index is 0.0341. The Kier molecular flexibility index (Phi) is 3.60. The molecule has 0 aliphatic heterocycles. The van der Waals surface area contributed by atoms with Crippen LogP contribution in [-0.4, -0.2) is 11.1 Å². The van der Waals surface area contributed by atoms with Crippen LogP contribution in [0.4, 0.5) is 8.78 Å². The highest BCUT2D eigenvalue weighted by Crippen LogP contribution is 2.30. The minimum Gasteiger partial charge on any atom is -0.481 e. The maximum absolute atomic E-state index is 13.0. The van der Waals surface area contributed by atoms with E-state index in [1.165, 1.54) is 0 Å². The van der Waals surface area contributed by atoms with E-state index in [0.29, 0.717) is 6.07 Å². The third-order valence-corrected chi connectivity index (χ3v) is 3.25. The van der Waals surface area contributed by atoms with Gasteiger partial charge in [-0.1, -0.05) is 0 Å². The second-order valence-corrected chi connectivity index (χ2v) is 4.10. The fraction of sp³-hybridized carbons (Fsp3) is 0.125. The molecule has 1 N–H and O–H groups in total. The molecule has 2 nitrogen and oxygen atoms in total. The van der Waals surface area contributed by atoms with Crippen LogP contribution in [0, 0.1) is 11.6 Å². The number of carboxylic acids is 1. The summed E-state index contributed by atoms with van der Waals surface area (Å²) in [5.41, 5.74) is 0.0509. The number of halogens is 4. The fourth-order valence-corrected chi connectivity index (χ4v) is 2.10. The fourth-order valence-electron chi connectivity index (χ4n) is 0.929. The molecule has 0 saturated heterocycles. The predicted molar refractivity (Wildman–Crippen MR) is 53.1 cm³/mol. The first-order valence-electron chi connectivity index (χ1n) is 3.47. The number of hydrogen-bond acceptors (Lipinski definition) is 1. The Morgan fingerprint density at radius 3 is 2.07 bits per heavy atom. The molecular formula is C8H4Br2F2O2. The summed E-state index contributed by atoms with van der Waals surface area (Å²) in [6.07, 6.45) is -0.449. The van der Waals surface area contributed by atoms with Crippen molar-refractivity contribution in [3.05, 3.63) is 32.2 Å². The van der Waals surface area contributed by atoms with Gasteiger partial charge in [-0.2, -0.15) is 0 Å². The largest absolute Gasteiger partial charge is 0.481 e. The first-order valence-corrected chi connectivity index (χ1v) is 5.05. The number of carbonyl (C=O) groups is 1. The Morgan fingerprint density at radius 1 is 1.29 bits per heavy atom. The number of carboxylic acid groups (broad SMARTS) is 1. The van der Waals surface area contributed by atoms with Gasteiger partial charge in [0.05, 0.1) is 15.4 Å². The van der Waals surface area contributed by atoms with Crippen molar-refractivity contribution in [3.8, 4) is 0 Å². The molecule has 76 valence electrons. The van der Waals surface area contributed by atoms with Crippen molar-refractivity contribution in [1.82, 2.24) is 0 Å². The molecule has 0 atom stereocenters. The number of benzene rings is 1. The zero-order chi connectivity index (χ0) is 10.9. The van der Waals surface area contributed by atoms with Crippen LogP contribution in [0.15, 0.2) is 15.0 Å². The maximum Gasteiger partial charge on any atom is 0.307 e. The molecule has 6 heteroatoms. The first kappa shape index (κ1) is 11.6. The normalized spacial score (nSPS) is 10.3. The average Bonchev–Trinajstić information content (AvgIpc) is 2.09. The second-order valence-electron chi connectivity index (χ2n) is 2.52. The summed E-state index contributed by atoms with van der Waals surface area (Å²) in [6.45, 7) is 0. The molecule has 0 radical (unpaired) electrons. The van der Waals surface area contributed by atoms with Crippen LogP contribution in [0.2, 0.25) is 0 Å². The number of hydrogen-bond donors (Lipinski definition) is 1. The van der Waals surface area contributed by atoms with Gasteiger partial charge < -0.3 is 5.11 Å². The Morgan fingerprint density at radius 2 is 1.71 bits per heavy atom. The molecule has 0 unspecified atom stereocenters. The summed E-state index contributed by atoms with van der Waals surface area (Å²) in [5.74, 6) is -2.79. The average molecular weight is 330 g/mol. The molecule has 0 aliphatic carbocycles. The van der Waals surface area contributed by atoms with Gasteiger partial charge in [0, 0.05) is 6.07 Å². The molecule has 0 fully saturated rings. The molecule has 14 heavy (non-hydrogen) atoms. The lowest BCUT2D eigenvalue weighted by Crippen LogP contribution is -2.04. The minimum atomic E-state index is -1.16. The van der Waals surface area contributed by atoms with Gasteiger partial charge in [0.25, 0.3) is 0 Å². The van der Waals surface area contributed by atoms with Crippen molar-refractivity contribution in [2.24, 2.45) is 0 Å². The highest BCUT2D eigenvalue weighted by atomic mass is 79.9. The molecule has 0 aliphatic rings. The molecule has 0 heterocycles. The van der Waals surface area contributed by atoms with Crippen molar-refractivity contribution in [3.63, 3.8) is 0 Å². The summed E-state index contributed by atoms with van der Waals surface area (Å²) < 4.78 is 25.9. The molecule has 0 aromatic heterocycles. The van der Waals surface area contributed by atoms with E-state index >= 15 is 0 Å². The summed E-state index contributed by atoms with van der Waals surface area (Å²) >= 11 is 5.72. The lowest BCUT2D eigenvalue weighted by atomic mass is 10.1. The lowest BCUT2D eigenvalue weighted by Gasteiger charge is -2.06. The summed E-state index contributed by atoms with van der Waals surface area (Å²) in [4.78, 5) is 10.4. The molecule has 0 amide bonds. The van der Waals surface area contributed by atoms with E-state index in [9.17, 15) is 13.6 Å². The van der Waals surface area contributed by atoms with Gasteiger partial charge in [0.15, 0.2) is 0 Å². The van der Waals surface area contributed by atoms with Gasteiger partial charge in [0.2, 0.25) is 0 Å². The smallest absolute Gasteiger partial charge is 0.307 e. The standard InChI is InChI=1S/C8H4Br2F2O2/c9-7-3(1-6(13)14)8(10)5(12)2-4(7)11/h2H,1H2,(H,13,14). The van der Waals surface area contributed by atoms with Crippen molar-refractivity contribution in [1.29, 1.82) is 0 Å². The van der Waals surface area contributed by atoms with Crippen LogP contribution >= 0.6 is 31.9 Å². The van der Waals surface area contributed by atoms with E-state index < -0.39 is 24.0 Å². The molecule has 0 bridgehead atoms. The van der Waals surface area contributed by atoms with E-state index in [0.717, 1.165) is 0 Å². The van der Waals surface area contributed by atoms with Gasteiger partial charge in [-0.3, -0.25) is 4.79 Å². The third kappa shape index (κ3) is 2.30. The van der Waals surface area contributed by atoms with Crippen molar-refractivity contribution >= 4 is 37.8 Å². The van der Waals surface area contributed by atoms with Crippen LogP contribution in [0.1, 0.15) is 5.56 Å². The predicted octanol–water partition coefficient (Wildman–Crippen LogP) is 3.12. The van der Waals surface area contributed by atoms with Crippen LogP contribution in [0.3, 0.4) is 0 Å². The van der Waals surface area contributed by atoms with Crippen molar-refractivity contribution < 1.29 is 18.7 Å². The molecule has 1 aromatic carbocycles. The number of aliphatic carboxylic acids is 1. The molecule has 0 saturated carbocycles. The monoisotopic (exact) mass is 328 g/mol. The molecule has 1 rings (SSSR count). The highest BCUT2D eigenvalue weighted by Gasteiger charge is 2.17. The van der Waals surface area contributed by atoms with Gasteiger partial charge in [-0.25, -0.2) is 8.78 Å². The van der Waals surface area contributed by atoms with Crippen molar-refractivity contribution in [2.75, 3.05) is 0 Å². The van der Waals surface area contributed by atoms with Crippen LogP contribution in [0.25, 0.3) is 0 Å². The Hall–Kier alpha value is -0.490. The van der Waals surface area contributed by atoms with Gasteiger partial charge in [0.1, 0.15) is 11.6 Å². The van der Waals surface area contributed by atoms with E-state index in [1.54, 1.807) is 0 Å². The van der Waals surface area contributed by atoms with Gasteiger partial charge >= 0.3 is 5.97 Å². The van der Waals surface area contributed by atoms with E-state index in [2.05, 4.69) is 31.9 Å². The van der Waals surface area contributed by atoms with Crippen LogP contribution in [-0.2, 0) is 11.2 Å². The Labute approximate surface area is 95.2 Å². The quantitative estimate of drug-likeness (QED) is 0.846. The summed E-state index contributed by atoms with van der Waals surface area (Å²) in [7, 11) is 0. The molecular weight excluding hydrogens is 326 g/mol. The van der Waals surface area contributed by atoms with Crippen LogP contribution in [0.5, 0.6) is 0 Å². The zero-order valence-electron chi connectivity index (χ0n) is 6.65. The van der Waals surface area contributed by atoms with Crippen LogP contribution < -0.4 is 0 Å². The summed E-state index contributed by atoms with van der Waals surface area (Å²) in [5, 5.41) is 8.51. The Bertz CT molecular complexity index is 367. The zero-order valence-corrected chi connectivity index (χ0v) is 9.82. The number of rotatable bonds is 2. The first-order chi connectivity index (χ1) is 6.43.